The van der Waals surface area contributed by atoms with Gasteiger partial charge in [-0.2, -0.15) is 0 Å². The average molecular weight is 414 g/mol. The fourth-order valence-corrected chi connectivity index (χ4v) is 3.95. The van der Waals surface area contributed by atoms with E-state index < -0.39 is 11.6 Å². The van der Waals surface area contributed by atoms with Gasteiger partial charge in [0.25, 0.3) is 0 Å². The topological polar surface area (TPSA) is 68.1 Å². The highest BCUT2D eigenvalue weighted by Gasteiger charge is 2.27. The fraction of sp³-hybridized carbons (Fsp3) is 0.200. The summed E-state index contributed by atoms with van der Waals surface area (Å²) < 4.78 is 29.4. The number of rotatable bonds is 5. The molecule has 1 aliphatic rings. The molecule has 0 radical (unpaired) electrons. The van der Waals surface area contributed by atoms with Crippen molar-refractivity contribution in [3.63, 3.8) is 0 Å². The third-order valence-corrected chi connectivity index (χ3v) is 5.43. The van der Waals surface area contributed by atoms with Crippen LogP contribution in [0.4, 0.5) is 8.78 Å². The summed E-state index contributed by atoms with van der Waals surface area (Å²) in [5.41, 5.74) is 0.763. The van der Waals surface area contributed by atoms with Crippen LogP contribution in [0.1, 0.15) is 12.8 Å². The molecule has 2 aromatic carbocycles. The molecule has 0 bridgehead atoms. The summed E-state index contributed by atoms with van der Waals surface area (Å²) in [6.07, 6.45) is 1.02. The number of benzene rings is 2. The van der Waals surface area contributed by atoms with Crippen molar-refractivity contribution in [2.45, 2.75) is 18.0 Å². The van der Waals surface area contributed by atoms with Crippen molar-refractivity contribution < 1.29 is 18.4 Å². The predicted octanol–water partition coefficient (Wildman–Crippen LogP) is 3.45. The van der Waals surface area contributed by atoms with Crippen LogP contribution < -0.4 is 0 Å². The van der Waals surface area contributed by atoms with E-state index in [1.807, 2.05) is 18.2 Å². The van der Waals surface area contributed by atoms with Crippen LogP contribution in [0.3, 0.4) is 0 Å². The average Bonchev–Trinajstić information content (AvgIpc) is 3.33. The molecule has 0 unspecified atom stereocenters. The number of carbonyl (C=O) groups is 2. The first-order valence-corrected chi connectivity index (χ1v) is 9.95. The zero-order valence-corrected chi connectivity index (χ0v) is 16.0. The van der Waals surface area contributed by atoms with Crippen molar-refractivity contribution in [1.29, 1.82) is 0 Å². The third kappa shape index (κ3) is 3.91. The highest BCUT2D eigenvalue weighted by molar-refractivity contribution is 7.99. The molecule has 6 nitrogen and oxygen atoms in total. The van der Waals surface area contributed by atoms with E-state index in [0.717, 1.165) is 23.9 Å². The van der Waals surface area contributed by atoms with Gasteiger partial charge in [0.15, 0.2) is 11.0 Å². The molecule has 2 amide bonds. The molecular weight excluding hydrogens is 398 g/mol. The zero-order valence-electron chi connectivity index (χ0n) is 15.2. The molecule has 148 valence electrons. The smallest absolute Gasteiger partial charge is 0.239 e. The summed E-state index contributed by atoms with van der Waals surface area (Å²) in [5, 5.41) is 8.54. The molecule has 9 heteroatoms. The lowest BCUT2D eigenvalue weighted by atomic mass is 10.2. The molecule has 3 aromatic rings. The number of halogens is 2. The van der Waals surface area contributed by atoms with Crippen LogP contribution in [-0.2, 0) is 9.59 Å². The summed E-state index contributed by atoms with van der Waals surface area (Å²) in [5.74, 6) is -1.66. The molecular formula is C20H16F2N4O2S. The Kier molecular flexibility index (Phi) is 5.39. The number of aromatic nitrogens is 3. The number of nitrogens with zero attached hydrogens (tertiary/aromatic N) is 4. The Bertz CT molecular complexity index is 1070. The van der Waals surface area contributed by atoms with E-state index in [9.17, 15) is 18.4 Å². The Balaban J connectivity index is 1.69. The van der Waals surface area contributed by atoms with Crippen LogP contribution in [0.5, 0.6) is 0 Å². The molecule has 0 aliphatic carbocycles. The van der Waals surface area contributed by atoms with Gasteiger partial charge in [0.2, 0.25) is 11.8 Å². The van der Waals surface area contributed by atoms with Gasteiger partial charge in [0.1, 0.15) is 11.6 Å². The first-order valence-electron chi connectivity index (χ1n) is 8.97. The van der Waals surface area contributed by atoms with Crippen LogP contribution in [0, 0.1) is 11.6 Å². The Morgan fingerprint density at radius 2 is 1.90 bits per heavy atom. The van der Waals surface area contributed by atoms with E-state index in [-0.39, 0.29) is 28.4 Å². The molecule has 4 rings (SSSR count). The van der Waals surface area contributed by atoms with Gasteiger partial charge < -0.3 is 0 Å². The Hall–Kier alpha value is -3.07. The number of carbonyl (C=O) groups excluding carboxylic acids is 2. The first kappa shape index (κ1) is 19.3. The maximum absolute atomic E-state index is 14.5. The molecule has 0 spiro atoms. The van der Waals surface area contributed by atoms with Crippen molar-refractivity contribution in [1.82, 2.24) is 19.7 Å². The van der Waals surface area contributed by atoms with Gasteiger partial charge in [-0.05, 0) is 18.6 Å². The summed E-state index contributed by atoms with van der Waals surface area (Å²) in [6, 6.07) is 12.3. The predicted molar refractivity (Wildman–Crippen MR) is 103 cm³/mol. The van der Waals surface area contributed by atoms with Crippen LogP contribution in [-0.4, -0.2) is 43.8 Å². The van der Waals surface area contributed by atoms with Gasteiger partial charge in [-0.3, -0.25) is 19.1 Å². The van der Waals surface area contributed by atoms with Crippen molar-refractivity contribution in [3.8, 4) is 17.1 Å². The second-order valence-electron chi connectivity index (χ2n) is 6.43. The maximum atomic E-state index is 14.5. The lowest BCUT2D eigenvalue weighted by Crippen LogP contribution is -2.33. The van der Waals surface area contributed by atoms with Gasteiger partial charge in [-0.1, -0.05) is 42.1 Å². The zero-order chi connectivity index (χ0) is 20.4. The molecule has 1 aliphatic heterocycles. The van der Waals surface area contributed by atoms with E-state index >= 15 is 0 Å². The number of imide groups is 1. The summed E-state index contributed by atoms with van der Waals surface area (Å²) in [7, 11) is 0. The van der Waals surface area contributed by atoms with Gasteiger partial charge in [-0.15, -0.1) is 10.2 Å². The minimum atomic E-state index is -0.773. The van der Waals surface area contributed by atoms with Crippen LogP contribution >= 0.6 is 11.8 Å². The van der Waals surface area contributed by atoms with Crippen molar-refractivity contribution >= 4 is 23.6 Å². The minimum absolute atomic E-state index is 0.0402. The number of thioether (sulfide) groups is 1. The quantitative estimate of drug-likeness (QED) is 0.598. The van der Waals surface area contributed by atoms with Gasteiger partial charge in [0.05, 0.1) is 11.4 Å². The van der Waals surface area contributed by atoms with E-state index in [4.69, 9.17) is 0 Å². The largest absolute Gasteiger partial charge is 0.282 e. The van der Waals surface area contributed by atoms with Crippen LogP contribution in [0.2, 0.25) is 0 Å². The molecule has 1 aromatic heterocycles. The third-order valence-electron chi connectivity index (χ3n) is 4.52. The van der Waals surface area contributed by atoms with Crippen molar-refractivity contribution in [2.75, 3.05) is 12.3 Å². The van der Waals surface area contributed by atoms with Crippen molar-refractivity contribution in [2.24, 2.45) is 0 Å². The molecule has 1 saturated heterocycles. The standard InChI is InChI=1S/C20H16F2N4O2S/c21-14-8-9-16(15(22)11-14)26-19(13-5-2-1-3-6-13)23-24-20(26)29-12-18(28)25-10-4-7-17(25)27/h1-3,5-6,8-9,11H,4,7,10,12H2. The monoisotopic (exact) mass is 414 g/mol. The normalized spacial score (nSPS) is 13.9. The highest BCUT2D eigenvalue weighted by Crippen LogP contribution is 2.29. The Morgan fingerprint density at radius 3 is 2.59 bits per heavy atom. The fourth-order valence-electron chi connectivity index (χ4n) is 3.13. The van der Waals surface area contributed by atoms with E-state index in [1.165, 1.54) is 15.5 Å². The summed E-state index contributed by atoms with van der Waals surface area (Å²) in [4.78, 5) is 25.4. The second kappa shape index (κ2) is 8.12. The maximum Gasteiger partial charge on any atom is 0.239 e. The number of hydrogen-bond donors (Lipinski definition) is 0. The van der Waals surface area contributed by atoms with E-state index in [1.54, 1.807) is 12.1 Å². The van der Waals surface area contributed by atoms with E-state index in [2.05, 4.69) is 10.2 Å². The summed E-state index contributed by atoms with van der Waals surface area (Å²) >= 11 is 1.05. The number of likely N-dealkylation sites (tertiary alicyclic amines) is 1. The Morgan fingerprint density at radius 1 is 1.10 bits per heavy atom. The number of amides is 2. The van der Waals surface area contributed by atoms with Gasteiger partial charge >= 0.3 is 0 Å². The van der Waals surface area contributed by atoms with Gasteiger partial charge in [-0.25, -0.2) is 8.78 Å². The van der Waals surface area contributed by atoms with Crippen LogP contribution in [0.25, 0.3) is 17.1 Å². The minimum Gasteiger partial charge on any atom is -0.282 e. The lowest BCUT2D eigenvalue weighted by molar-refractivity contribution is -0.140. The van der Waals surface area contributed by atoms with Crippen molar-refractivity contribution in [3.05, 3.63) is 60.2 Å². The first-order chi connectivity index (χ1) is 14.0. The van der Waals surface area contributed by atoms with Crippen LogP contribution in [0.15, 0.2) is 53.7 Å². The molecule has 2 heterocycles. The van der Waals surface area contributed by atoms with E-state index in [0.29, 0.717) is 30.8 Å². The van der Waals surface area contributed by atoms with Gasteiger partial charge in [0, 0.05) is 24.6 Å². The highest BCUT2D eigenvalue weighted by atomic mass is 32.2. The molecule has 0 N–H and O–H groups in total. The SMILES string of the molecule is O=C1CCCN1C(=O)CSc1nnc(-c2ccccc2)n1-c1ccc(F)cc1F. The second-order valence-corrected chi connectivity index (χ2v) is 7.38. The summed E-state index contributed by atoms with van der Waals surface area (Å²) in [6.45, 7) is 0.409. The molecule has 1 fully saturated rings. The molecule has 29 heavy (non-hydrogen) atoms. The number of hydrogen-bond acceptors (Lipinski definition) is 5. The molecule has 0 atom stereocenters. The Labute approximate surface area is 169 Å². The molecule has 0 saturated carbocycles. The lowest BCUT2D eigenvalue weighted by Gasteiger charge is -2.14.